The number of ether oxygens (including phenoxy) is 1. The second kappa shape index (κ2) is 4.61. The van der Waals surface area contributed by atoms with E-state index >= 15 is 0 Å². The van der Waals surface area contributed by atoms with Crippen molar-refractivity contribution in [3.8, 4) is 0 Å². The molecule has 18 heavy (non-hydrogen) atoms. The fraction of sp³-hybridized carbons (Fsp3) is 0.500. The van der Waals surface area contributed by atoms with E-state index in [-0.39, 0.29) is 5.60 Å². The normalized spacial score (nSPS) is 12.2. The highest BCUT2D eigenvalue weighted by atomic mass is 16.5. The minimum Gasteiger partial charge on any atom is -0.374 e. The van der Waals surface area contributed by atoms with E-state index in [2.05, 4.69) is 44.0 Å². The zero-order chi connectivity index (χ0) is 13.3. The number of fused-ring (bicyclic) bond motifs is 1. The lowest BCUT2D eigenvalue weighted by atomic mass is 10.1. The standard InChI is InChI=1S/C14H21N3O/c1-5-18-14(3,4)9-17-12-7-6-10(2)8-11(12)16-13(17)15/h6-8H,5,9H2,1-4H3,(H2,15,16). The number of hydrogen-bond acceptors (Lipinski definition) is 3. The van der Waals surface area contributed by atoms with Crippen LogP contribution in [-0.2, 0) is 11.3 Å². The summed E-state index contributed by atoms with van der Waals surface area (Å²) in [5, 5.41) is 0. The van der Waals surface area contributed by atoms with Crippen LogP contribution in [-0.4, -0.2) is 21.8 Å². The second-order valence-electron chi connectivity index (χ2n) is 5.24. The summed E-state index contributed by atoms with van der Waals surface area (Å²) in [7, 11) is 0. The fourth-order valence-electron chi connectivity index (χ4n) is 2.24. The predicted octanol–water partition coefficient (Wildman–Crippen LogP) is 2.74. The van der Waals surface area contributed by atoms with Crippen LogP contribution in [0, 0.1) is 6.92 Å². The molecule has 0 aliphatic carbocycles. The van der Waals surface area contributed by atoms with Gasteiger partial charge in [0.1, 0.15) is 0 Å². The molecular formula is C14H21N3O. The fourth-order valence-corrected chi connectivity index (χ4v) is 2.24. The van der Waals surface area contributed by atoms with Gasteiger partial charge < -0.3 is 15.0 Å². The van der Waals surface area contributed by atoms with Gasteiger partial charge in [-0.3, -0.25) is 0 Å². The number of nitrogens with two attached hydrogens (primary N) is 1. The van der Waals surface area contributed by atoms with Crippen LogP contribution in [0.5, 0.6) is 0 Å². The lowest BCUT2D eigenvalue weighted by Gasteiger charge is -2.25. The molecule has 2 rings (SSSR count). The summed E-state index contributed by atoms with van der Waals surface area (Å²) in [5.41, 5.74) is 8.95. The molecular weight excluding hydrogens is 226 g/mol. The maximum atomic E-state index is 6.00. The molecule has 1 aromatic carbocycles. The van der Waals surface area contributed by atoms with Crippen molar-refractivity contribution in [1.29, 1.82) is 0 Å². The molecule has 98 valence electrons. The van der Waals surface area contributed by atoms with Gasteiger partial charge in [-0.25, -0.2) is 4.98 Å². The van der Waals surface area contributed by atoms with Crippen molar-refractivity contribution >= 4 is 17.0 Å². The largest absolute Gasteiger partial charge is 0.374 e. The van der Waals surface area contributed by atoms with Crippen LogP contribution in [0.15, 0.2) is 18.2 Å². The Bertz CT molecular complexity index is 557. The van der Waals surface area contributed by atoms with E-state index in [9.17, 15) is 0 Å². The quantitative estimate of drug-likeness (QED) is 0.903. The highest BCUT2D eigenvalue weighted by molar-refractivity contribution is 5.79. The van der Waals surface area contributed by atoms with Crippen LogP contribution in [0.25, 0.3) is 11.0 Å². The summed E-state index contributed by atoms with van der Waals surface area (Å²) in [6.07, 6.45) is 0. The number of aryl methyl sites for hydroxylation is 1. The number of nitrogens with zero attached hydrogens (tertiary/aromatic N) is 2. The smallest absolute Gasteiger partial charge is 0.201 e. The molecule has 0 bridgehead atoms. The Morgan fingerprint density at radius 2 is 2.11 bits per heavy atom. The SMILES string of the molecule is CCOC(C)(C)Cn1c(N)nc2cc(C)ccc21. The topological polar surface area (TPSA) is 53.1 Å². The molecule has 0 spiro atoms. The number of imidazole rings is 1. The Morgan fingerprint density at radius 1 is 1.39 bits per heavy atom. The molecule has 0 amide bonds. The number of aromatic nitrogens is 2. The maximum absolute atomic E-state index is 6.00. The molecule has 0 radical (unpaired) electrons. The summed E-state index contributed by atoms with van der Waals surface area (Å²) in [6.45, 7) is 9.58. The molecule has 2 aromatic rings. The molecule has 0 atom stereocenters. The average Bonchev–Trinajstić information content (AvgIpc) is 2.54. The molecule has 0 fully saturated rings. The molecule has 0 saturated carbocycles. The molecule has 1 aromatic heterocycles. The van der Waals surface area contributed by atoms with Crippen molar-refractivity contribution < 1.29 is 4.74 Å². The monoisotopic (exact) mass is 247 g/mol. The number of rotatable bonds is 4. The lowest BCUT2D eigenvalue weighted by Crippen LogP contribution is -2.31. The predicted molar refractivity (Wildman–Crippen MR) is 74.6 cm³/mol. The van der Waals surface area contributed by atoms with Gasteiger partial charge in [-0.15, -0.1) is 0 Å². The molecule has 4 heteroatoms. The van der Waals surface area contributed by atoms with Crippen LogP contribution in [0.3, 0.4) is 0 Å². The van der Waals surface area contributed by atoms with Gasteiger partial charge in [-0.2, -0.15) is 0 Å². The lowest BCUT2D eigenvalue weighted by molar-refractivity contribution is -0.0212. The highest BCUT2D eigenvalue weighted by Crippen LogP contribution is 2.23. The van der Waals surface area contributed by atoms with Crippen molar-refractivity contribution in [2.45, 2.75) is 39.8 Å². The summed E-state index contributed by atoms with van der Waals surface area (Å²) >= 11 is 0. The van der Waals surface area contributed by atoms with Gasteiger partial charge in [-0.1, -0.05) is 6.07 Å². The third-order valence-corrected chi connectivity index (χ3v) is 3.01. The van der Waals surface area contributed by atoms with Crippen molar-refractivity contribution in [1.82, 2.24) is 9.55 Å². The van der Waals surface area contributed by atoms with E-state index in [1.54, 1.807) is 0 Å². The van der Waals surface area contributed by atoms with Crippen LogP contribution in [0.1, 0.15) is 26.3 Å². The zero-order valence-corrected chi connectivity index (χ0v) is 11.5. The van der Waals surface area contributed by atoms with E-state index in [1.807, 2.05) is 11.5 Å². The van der Waals surface area contributed by atoms with E-state index < -0.39 is 0 Å². The van der Waals surface area contributed by atoms with Crippen LogP contribution >= 0.6 is 0 Å². The summed E-state index contributed by atoms with van der Waals surface area (Å²) < 4.78 is 7.74. The van der Waals surface area contributed by atoms with Crippen molar-refractivity contribution in [3.05, 3.63) is 23.8 Å². The molecule has 0 aliphatic rings. The number of anilines is 1. The summed E-state index contributed by atoms with van der Waals surface area (Å²) in [4.78, 5) is 4.40. The van der Waals surface area contributed by atoms with Gasteiger partial charge in [0.15, 0.2) is 0 Å². The van der Waals surface area contributed by atoms with Gasteiger partial charge in [0.2, 0.25) is 5.95 Å². The molecule has 2 N–H and O–H groups in total. The third kappa shape index (κ3) is 2.48. The van der Waals surface area contributed by atoms with E-state index in [1.165, 1.54) is 5.56 Å². The highest BCUT2D eigenvalue weighted by Gasteiger charge is 2.21. The molecule has 1 heterocycles. The minimum atomic E-state index is -0.249. The third-order valence-electron chi connectivity index (χ3n) is 3.01. The van der Waals surface area contributed by atoms with E-state index in [4.69, 9.17) is 10.5 Å². The average molecular weight is 247 g/mol. The zero-order valence-electron chi connectivity index (χ0n) is 11.5. The van der Waals surface area contributed by atoms with Gasteiger partial charge in [0.05, 0.1) is 23.2 Å². The Labute approximate surface area is 108 Å². The molecule has 0 unspecified atom stereocenters. The Morgan fingerprint density at radius 3 is 2.78 bits per heavy atom. The first-order valence-corrected chi connectivity index (χ1v) is 6.29. The van der Waals surface area contributed by atoms with Crippen LogP contribution in [0.2, 0.25) is 0 Å². The van der Waals surface area contributed by atoms with Crippen LogP contribution in [0.4, 0.5) is 5.95 Å². The van der Waals surface area contributed by atoms with Crippen molar-refractivity contribution in [3.63, 3.8) is 0 Å². The second-order valence-corrected chi connectivity index (χ2v) is 5.24. The van der Waals surface area contributed by atoms with Crippen molar-refractivity contribution in [2.24, 2.45) is 0 Å². The Hall–Kier alpha value is -1.55. The van der Waals surface area contributed by atoms with Crippen LogP contribution < -0.4 is 5.73 Å². The molecule has 0 saturated heterocycles. The van der Waals surface area contributed by atoms with Gasteiger partial charge in [0.25, 0.3) is 0 Å². The Kier molecular flexibility index (Phi) is 3.30. The van der Waals surface area contributed by atoms with E-state index in [0.29, 0.717) is 19.1 Å². The Balaban J connectivity index is 2.41. The number of hydrogen-bond donors (Lipinski definition) is 1. The number of nitrogen functional groups attached to an aromatic ring is 1. The summed E-state index contributed by atoms with van der Waals surface area (Å²) in [6, 6.07) is 6.19. The van der Waals surface area contributed by atoms with Gasteiger partial charge in [0, 0.05) is 6.61 Å². The first-order chi connectivity index (χ1) is 8.43. The molecule has 0 aliphatic heterocycles. The maximum Gasteiger partial charge on any atom is 0.201 e. The number of benzene rings is 1. The first kappa shape index (κ1) is 12.9. The minimum absolute atomic E-state index is 0.249. The first-order valence-electron chi connectivity index (χ1n) is 6.29. The van der Waals surface area contributed by atoms with Gasteiger partial charge in [-0.05, 0) is 45.4 Å². The van der Waals surface area contributed by atoms with Crippen molar-refractivity contribution in [2.75, 3.05) is 12.3 Å². The van der Waals surface area contributed by atoms with Gasteiger partial charge >= 0.3 is 0 Å². The molecule has 4 nitrogen and oxygen atoms in total. The summed E-state index contributed by atoms with van der Waals surface area (Å²) in [5.74, 6) is 0.545. The van der Waals surface area contributed by atoms with E-state index in [0.717, 1.165) is 11.0 Å².